The van der Waals surface area contributed by atoms with Gasteiger partial charge >= 0.3 is 12.3 Å². The summed E-state index contributed by atoms with van der Waals surface area (Å²) in [5.74, 6) is -1.39. The molecule has 0 saturated carbocycles. The molecule has 1 atom stereocenters. The maximum atomic E-state index is 14.7. The number of methoxy groups -OCH3 is 1. The van der Waals surface area contributed by atoms with Crippen LogP contribution >= 0.6 is 0 Å². The third-order valence-corrected chi connectivity index (χ3v) is 6.80. The van der Waals surface area contributed by atoms with Crippen molar-refractivity contribution in [1.29, 1.82) is 0 Å². The van der Waals surface area contributed by atoms with E-state index in [0.29, 0.717) is 0 Å². The minimum Gasteiger partial charge on any atom is -0.491 e. The molecule has 10 nitrogen and oxygen atoms in total. The Morgan fingerprint density at radius 2 is 1.65 bits per heavy atom. The molecule has 1 unspecified atom stereocenters. The molecule has 0 bridgehead atoms. The van der Waals surface area contributed by atoms with Gasteiger partial charge in [0.25, 0.3) is 5.88 Å². The van der Waals surface area contributed by atoms with Gasteiger partial charge < -0.3 is 29.7 Å². The molecular formula is C32H37F4N3O7. The lowest BCUT2D eigenvalue weighted by Gasteiger charge is -2.33. The minimum absolute atomic E-state index is 0.0170. The largest absolute Gasteiger partial charge is 0.491 e. The predicted octanol–water partition coefficient (Wildman–Crippen LogP) is 5.84. The first-order chi connectivity index (χ1) is 21.3. The number of carbonyl (C=O) groups is 2. The van der Waals surface area contributed by atoms with Crippen LogP contribution in [-0.4, -0.2) is 64.2 Å². The van der Waals surface area contributed by atoms with Crippen LogP contribution in [0.3, 0.4) is 0 Å². The van der Waals surface area contributed by atoms with Crippen molar-refractivity contribution in [3.63, 3.8) is 0 Å². The number of aromatic nitrogens is 2. The van der Waals surface area contributed by atoms with Crippen LogP contribution in [0.1, 0.15) is 69.1 Å². The molecule has 14 heteroatoms. The zero-order chi connectivity index (χ0) is 34.5. The lowest BCUT2D eigenvalue weighted by Crippen LogP contribution is -2.45. The number of benzene rings is 1. The number of amides is 1. The normalized spacial score (nSPS) is 13.5. The van der Waals surface area contributed by atoms with E-state index in [9.17, 15) is 32.3 Å². The number of alkyl halides is 3. The number of aliphatic hydroxyl groups is 2. The maximum absolute atomic E-state index is 14.7. The molecule has 0 aliphatic heterocycles. The second kappa shape index (κ2) is 14.0. The standard InChI is InChI=1S/C32H37F4N3O7/c1-29(2,3)46-28(42)39-30(4,5)21-16-23(19-7-9-22(33)10-8-19)38-26(17-21)31(43,32(34,35)36)12-11-24(41)20-15-25(44-6)27(37-18-20)45-14-13-40/h7-10,15-18,40,43H,11-14H2,1-6H3,(H,39,42). The Labute approximate surface area is 263 Å². The highest BCUT2D eigenvalue weighted by atomic mass is 19.4. The number of ether oxygens (including phenoxy) is 3. The van der Waals surface area contributed by atoms with Crippen molar-refractivity contribution < 1.29 is 51.6 Å². The molecular weight excluding hydrogens is 614 g/mol. The lowest BCUT2D eigenvalue weighted by atomic mass is 9.86. The minimum atomic E-state index is -5.31. The van der Waals surface area contributed by atoms with Crippen LogP contribution in [0.5, 0.6) is 11.6 Å². The molecule has 1 amide bonds. The number of carbonyl (C=O) groups excluding carboxylic acids is 2. The Morgan fingerprint density at radius 1 is 1.00 bits per heavy atom. The van der Waals surface area contributed by atoms with Gasteiger partial charge in [-0.15, -0.1) is 0 Å². The molecule has 1 aromatic carbocycles. The second-order valence-electron chi connectivity index (χ2n) is 12.0. The van der Waals surface area contributed by atoms with E-state index in [0.717, 1.165) is 24.4 Å². The summed E-state index contributed by atoms with van der Waals surface area (Å²) in [4.78, 5) is 33.7. The van der Waals surface area contributed by atoms with Gasteiger partial charge in [-0.05, 0) is 89.1 Å². The van der Waals surface area contributed by atoms with Crippen molar-refractivity contribution in [2.75, 3.05) is 20.3 Å². The molecule has 3 rings (SSSR count). The first-order valence-corrected chi connectivity index (χ1v) is 14.2. The highest BCUT2D eigenvalue weighted by molar-refractivity contribution is 5.96. The fourth-order valence-electron chi connectivity index (χ4n) is 4.34. The Hall–Kier alpha value is -4.30. The van der Waals surface area contributed by atoms with Crippen LogP contribution in [0.25, 0.3) is 11.3 Å². The number of nitrogens with zero attached hydrogens (tertiary/aromatic N) is 2. The SMILES string of the molecule is COc1cc(C(=O)CCC(O)(c2cc(C(C)(C)NC(=O)OC(C)(C)C)cc(-c3ccc(F)cc3)n2)C(F)(F)F)cnc1OCCO. The zero-order valence-electron chi connectivity index (χ0n) is 26.3. The zero-order valence-corrected chi connectivity index (χ0v) is 26.3. The van der Waals surface area contributed by atoms with Gasteiger partial charge in [-0.2, -0.15) is 13.2 Å². The van der Waals surface area contributed by atoms with Crippen LogP contribution in [-0.2, 0) is 15.9 Å². The van der Waals surface area contributed by atoms with E-state index in [1.54, 1.807) is 20.8 Å². The molecule has 2 heterocycles. The molecule has 250 valence electrons. The highest BCUT2D eigenvalue weighted by Crippen LogP contribution is 2.44. The molecule has 0 fully saturated rings. The summed E-state index contributed by atoms with van der Waals surface area (Å²) < 4.78 is 73.6. The van der Waals surface area contributed by atoms with Crippen molar-refractivity contribution in [2.45, 2.75) is 70.4 Å². The Morgan fingerprint density at radius 3 is 2.22 bits per heavy atom. The van der Waals surface area contributed by atoms with Gasteiger partial charge in [0.2, 0.25) is 5.60 Å². The van der Waals surface area contributed by atoms with Gasteiger partial charge in [0.05, 0.1) is 30.6 Å². The molecule has 3 N–H and O–H groups in total. The number of pyridine rings is 2. The number of hydrogen-bond donors (Lipinski definition) is 3. The third-order valence-electron chi connectivity index (χ3n) is 6.80. The number of rotatable bonds is 12. The van der Waals surface area contributed by atoms with Crippen molar-refractivity contribution in [3.8, 4) is 22.9 Å². The van der Waals surface area contributed by atoms with E-state index in [4.69, 9.17) is 19.3 Å². The summed E-state index contributed by atoms with van der Waals surface area (Å²) >= 11 is 0. The first-order valence-electron chi connectivity index (χ1n) is 14.2. The third kappa shape index (κ3) is 8.91. The topological polar surface area (TPSA) is 140 Å². The summed E-state index contributed by atoms with van der Waals surface area (Å²) in [7, 11) is 1.27. The Balaban J connectivity index is 2.06. The van der Waals surface area contributed by atoms with Crippen molar-refractivity contribution >= 4 is 11.9 Å². The predicted molar refractivity (Wildman–Crippen MR) is 159 cm³/mol. The number of Topliss-reactive ketones (excluding diaryl/α,β-unsaturated/α-hetero) is 1. The van der Waals surface area contributed by atoms with Crippen LogP contribution < -0.4 is 14.8 Å². The second-order valence-corrected chi connectivity index (χ2v) is 12.0. The van der Waals surface area contributed by atoms with Crippen LogP contribution in [0.2, 0.25) is 0 Å². The van der Waals surface area contributed by atoms with Crippen LogP contribution in [0.15, 0.2) is 48.7 Å². The number of hydrogen-bond acceptors (Lipinski definition) is 9. The Bertz CT molecular complexity index is 1540. The van der Waals surface area contributed by atoms with Crippen molar-refractivity contribution in [3.05, 3.63) is 71.3 Å². The molecule has 46 heavy (non-hydrogen) atoms. The van der Waals surface area contributed by atoms with E-state index in [1.807, 2.05) is 0 Å². The number of ketones is 1. The summed E-state index contributed by atoms with van der Waals surface area (Å²) in [6.45, 7) is 7.57. The van der Waals surface area contributed by atoms with E-state index in [2.05, 4.69) is 15.3 Å². The number of nitrogens with one attached hydrogen (secondary N) is 1. The average Bonchev–Trinajstić information content (AvgIpc) is 2.96. The maximum Gasteiger partial charge on any atom is 0.422 e. The van der Waals surface area contributed by atoms with E-state index >= 15 is 0 Å². The van der Waals surface area contributed by atoms with Gasteiger partial charge in [0.1, 0.15) is 18.0 Å². The van der Waals surface area contributed by atoms with Gasteiger partial charge in [-0.1, -0.05) is 0 Å². The van der Waals surface area contributed by atoms with E-state index in [1.165, 1.54) is 45.2 Å². The number of alkyl carbamates (subject to hydrolysis) is 1. The first kappa shape index (κ1) is 36.2. The molecule has 0 radical (unpaired) electrons. The van der Waals surface area contributed by atoms with Gasteiger partial charge in [-0.3, -0.25) is 4.79 Å². The lowest BCUT2D eigenvalue weighted by molar-refractivity contribution is -0.270. The average molecular weight is 652 g/mol. The summed E-state index contributed by atoms with van der Waals surface area (Å²) in [5.41, 5.74) is -6.48. The Kier molecular flexibility index (Phi) is 11.0. The quantitative estimate of drug-likeness (QED) is 0.163. The molecule has 3 aromatic rings. The van der Waals surface area contributed by atoms with E-state index < -0.39 is 59.1 Å². The monoisotopic (exact) mass is 651 g/mol. The number of halogens is 4. The molecule has 0 spiro atoms. The highest BCUT2D eigenvalue weighted by Gasteiger charge is 2.56. The summed E-state index contributed by atoms with van der Waals surface area (Å²) in [6.07, 6.45) is -6.97. The molecule has 0 aliphatic rings. The molecule has 0 aliphatic carbocycles. The number of aliphatic hydroxyl groups excluding tert-OH is 1. The fraction of sp³-hybridized carbons (Fsp3) is 0.438. The van der Waals surface area contributed by atoms with E-state index in [-0.39, 0.29) is 47.2 Å². The van der Waals surface area contributed by atoms with Gasteiger partial charge in [-0.25, -0.2) is 19.2 Å². The summed E-state index contributed by atoms with van der Waals surface area (Å²) in [5, 5.41) is 22.9. The van der Waals surface area contributed by atoms with Gasteiger partial charge in [0.15, 0.2) is 11.5 Å². The molecule has 2 aromatic heterocycles. The van der Waals surface area contributed by atoms with Crippen molar-refractivity contribution in [1.82, 2.24) is 15.3 Å². The van der Waals surface area contributed by atoms with Crippen LogP contribution in [0.4, 0.5) is 22.4 Å². The fourth-order valence-corrected chi connectivity index (χ4v) is 4.34. The van der Waals surface area contributed by atoms with Gasteiger partial charge in [0, 0.05) is 23.7 Å². The summed E-state index contributed by atoms with van der Waals surface area (Å²) in [6, 6.07) is 8.46. The molecule has 0 saturated heterocycles. The smallest absolute Gasteiger partial charge is 0.422 e. The van der Waals surface area contributed by atoms with Crippen LogP contribution in [0, 0.1) is 5.82 Å². The van der Waals surface area contributed by atoms with Crippen molar-refractivity contribution in [2.24, 2.45) is 0 Å².